The van der Waals surface area contributed by atoms with E-state index in [1.807, 2.05) is 0 Å². The lowest BCUT2D eigenvalue weighted by atomic mass is 9.91. The second kappa shape index (κ2) is 5.64. The second-order valence-electron chi connectivity index (χ2n) is 6.43. The van der Waals surface area contributed by atoms with Gasteiger partial charge in [0.1, 0.15) is 0 Å². The van der Waals surface area contributed by atoms with E-state index in [0.29, 0.717) is 0 Å². The number of fused-ring (bicyclic) bond motifs is 1. The van der Waals surface area contributed by atoms with Gasteiger partial charge in [0.25, 0.3) is 0 Å². The summed E-state index contributed by atoms with van der Waals surface area (Å²) in [5.74, 6) is 0.903. The molecular weight excluding hydrogens is 232 g/mol. The first-order valence-corrected chi connectivity index (χ1v) is 7.78. The van der Waals surface area contributed by atoms with Gasteiger partial charge in [-0.15, -0.1) is 0 Å². The van der Waals surface area contributed by atoms with E-state index >= 15 is 0 Å². The summed E-state index contributed by atoms with van der Waals surface area (Å²) in [4.78, 5) is 2.68. The molecule has 2 heterocycles. The van der Waals surface area contributed by atoms with Crippen LogP contribution in [0.15, 0.2) is 18.2 Å². The molecular formula is C17H26N2. The van der Waals surface area contributed by atoms with Crippen molar-refractivity contribution < 1.29 is 0 Å². The van der Waals surface area contributed by atoms with Crippen molar-refractivity contribution >= 4 is 0 Å². The van der Waals surface area contributed by atoms with Crippen molar-refractivity contribution in [3.8, 4) is 0 Å². The van der Waals surface area contributed by atoms with Gasteiger partial charge in [0.15, 0.2) is 0 Å². The number of likely N-dealkylation sites (tertiary alicyclic amines) is 1. The highest BCUT2D eigenvalue weighted by Gasteiger charge is 2.24. The molecule has 0 spiro atoms. The third-order valence-electron chi connectivity index (χ3n) is 4.89. The lowest BCUT2D eigenvalue weighted by Gasteiger charge is -2.37. The van der Waals surface area contributed by atoms with Crippen LogP contribution in [0.5, 0.6) is 0 Å². The zero-order valence-electron chi connectivity index (χ0n) is 12.3. The van der Waals surface area contributed by atoms with E-state index in [1.165, 1.54) is 31.4 Å². The Hall–Kier alpha value is -0.860. The van der Waals surface area contributed by atoms with Crippen molar-refractivity contribution in [3.05, 3.63) is 34.9 Å². The van der Waals surface area contributed by atoms with Crippen molar-refractivity contribution in [2.75, 3.05) is 13.1 Å². The minimum Gasteiger partial charge on any atom is -0.312 e. The number of rotatable bonds is 2. The van der Waals surface area contributed by atoms with Crippen LogP contribution < -0.4 is 5.32 Å². The molecule has 2 heteroatoms. The fourth-order valence-corrected chi connectivity index (χ4v) is 3.67. The third kappa shape index (κ3) is 2.85. The van der Waals surface area contributed by atoms with Crippen LogP contribution in [0.4, 0.5) is 0 Å². The average molecular weight is 258 g/mol. The zero-order chi connectivity index (χ0) is 13.2. The first kappa shape index (κ1) is 13.1. The van der Waals surface area contributed by atoms with Gasteiger partial charge in [-0.3, -0.25) is 4.90 Å². The molecule has 2 nitrogen and oxygen atoms in total. The number of hydrogen-bond donors (Lipinski definition) is 1. The predicted molar refractivity (Wildman–Crippen MR) is 80.1 cm³/mol. The first-order chi connectivity index (χ1) is 9.24. The van der Waals surface area contributed by atoms with Gasteiger partial charge in [-0.1, -0.05) is 25.1 Å². The monoisotopic (exact) mass is 258 g/mol. The van der Waals surface area contributed by atoms with Gasteiger partial charge in [0, 0.05) is 19.1 Å². The first-order valence-electron chi connectivity index (χ1n) is 7.78. The second-order valence-corrected chi connectivity index (χ2v) is 6.43. The van der Waals surface area contributed by atoms with E-state index in [4.69, 9.17) is 0 Å². The molecule has 0 aliphatic carbocycles. The number of nitrogens with zero attached hydrogens (tertiary/aromatic N) is 1. The topological polar surface area (TPSA) is 15.3 Å². The Bertz CT molecular complexity index is 441. The number of hydrogen-bond acceptors (Lipinski definition) is 2. The molecule has 1 N–H and O–H groups in total. The van der Waals surface area contributed by atoms with Gasteiger partial charge in [-0.25, -0.2) is 0 Å². The highest BCUT2D eigenvalue weighted by Crippen LogP contribution is 2.26. The summed E-state index contributed by atoms with van der Waals surface area (Å²) in [6, 6.07) is 7.60. The van der Waals surface area contributed by atoms with E-state index in [1.54, 1.807) is 11.1 Å². The van der Waals surface area contributed by atoms with Crippen LogP contribution in [0.3, 0.4) is 0 Å². The Morgan fingerprint density at radius 3 is 3.05 bits per heavy atom. The molecule has 0 bridgehead atoms. The number of nitrogens with one attached hydrogen (secondary N) is 1. The minimum absolute atomic E-state index is 0.737. The Kier molecular flexibility index (Phi) is 3.90. The fourth-order valence-electron chi connectivity index (χ4n) is 3.67. The van der Waals surface area contributed by atoms with Crippen LogP contribution in [0.2, 0.25) is 0 Å². The van der Waals surface area contributed by atoms with Crippen molar-refractivity contribution in [2.45, 2.75) is 52.2 Å². The third-order valence-corrected chi connectivity index (χ3v) is 4.89. The van der Waals surface area contributed by atoms with Crippen LogP contribution in [-0.2, 0) is 19.5 Å². The highest BCUT2D eigenvalue weighted by molar-refractivity contribution is 5.37. The molecule has 0 radical (unpaired) electrons. The summed E-state index contributed by atoms with van der Waals surface area (Å²) < 4.78 is 0. The molecule has 104 valence electrons. The van der Waals surface area contributed by atoms with E-state index in [-0.39, 0.29) is 0 Å². The van der Waals surface area contributed by atoms with Gasteiger partial charge in [-0.2, -0.15) is 0 Å². The molecule has 2 aliphatic rings. The van der Waals surface area contributed by atoms with Crippen molar-refractivity contribution in [1.82, 2.24) is 10.2 Å². The maximum atomic E-state index is 3.47. The normalized spacial score (nSPS) is 28.1. The van der Waals surface area contributed by atoms with Gasteiger partial charge in [0.05, 0.1) is 0 Å². The number of piperidine rings is 1. The summed E-state index contributed by atoms with van der Waals surface area (Å²) in [5, 5.41) is 3.47. The summed E-state index contributed by atoms with van der Waals surface area (Å²) in [6.45, 7) is 9.39. The van der Waals surface area contributed by atoms with Crippen LogP contribution >= 0.6 is 0 Å². The Morgan fingerprint density at radius 1 is 1.32 bits per heavy atom. The molecule has 19 heavy (non-hydrogen) atoms. The summed E-state index contributed by atoms with van der Waals surface area (Å²) in [6.07, 6.45) is 3.92. The van der Waals surface area contributed by atoms with E-state index < -0.39 is 0 Å². The van der Waals surface area contributed by atoms with E-state index in [9.17, 15) is 0 Å². The quantitative estimate of drug-likeness (QED) is 0.877. The van der Waals surface area contributed by atoms with Crippen molar-refractivity contribution in [3.63, 3.8) is 0 Å². The van der Waals surface area contributed by atoms with Crippen molar-refractivity contribution in [2.24, 2.45) is 5.92 Å². The lowest BCUT2D eigenvalue weighted by molar-refractivity contribution is 0.122. The molecule has 2 unspecified atom stereocenters. The molecule has 3 rings (SSSR count). The van der Waals surface area contributed by atoms with Gasteiger partial charge < -0.3 is 5.32 Å². The maximum Gasteiger partial charge on any atom is 0.0239 e. The summed E-state index contributed by atoms with van der Waals surface area (Å²) in [7, 11) is 0. The van der Waals surface area contributed by atoms with Gasteiger partial charge in [-0.05, 0) is 61.9 Å². The highest BCUT2D eigenvalue weighted by atomic mass is 15.2. The Balaban J connectivity index is 1.76. The molecule has 0 amide bonds. The molecule has 0 saturated carbocycles. The van der Waals surface area contributed by atoms with E-state index in [2.05, 4.69) is 42.3 Å². The Labute approximate surface area is 117 Å². The largest absolute Gasteiger partial charge is 0.312 e. The minimum atomic E-state index is 0.737. The molecule has 2 atom stereocenters. The van der Waals surface area contributed by atoms with Crippen LogP contribution in [-0.4, -0.2) is 24.0 Å². The van der Waals surface area contributed by atoms with Crippen LogP contribution in [0.25, 0.3) is 0 Å². The molecule has 2 aliphatic heterocycles. The molecule has 1 aromatic rings. The lowest BCUT2D eigenvalue weighted by Crippen LogP contribution is -2.40. The maximum absolute atomic E-state index is 3.47. The van der Waals surface area contributed by atoms with E-state index in [0.717, 1.165) is 31.6 Å². The molecule has 0 aromatic heterocycles. The average Bonchev–Trinajstić information content (AvgIpc) is 2.42. The molecule has 1 aromatic carbocycles. The molecule has 1 saturated heterocycles. The Morgan fingerprint density at radius 2 is 2.21 bits per heavy atom. The van der Waals surface area contributed by atoms with Gasteiger partial charge in [0.2, 0.25) is 0 Å². The van der Waals surface area contributed by atoms with Crippen molar-refractivity contribution in [1.29, 1.82) is 0 Å². The van der Waals surface area contributed by atoms with Crippen LogP contribution in [0, 0.1) is 5.92 Å². The zero-order valence-corrected chi connectivity index (χ0v) is 12.3. The summed E-state index contributed by atoms with van der Waals surface area (Å²) in [5.41, 5.74) is 4.70. The number of benzene rings is 1. The van der Waals surface area contributed by atoms with Gasteiger partial charge >= 0.3 is 0 Å². The summed E-state index contributed by atoms with van der Waals surface area (Å²) >= 11 is 0. The molecule has 1 fully saturated rings. The smallest absolute Gasteiger partial charge is 0.0239 e. The SMILES string of the molecule is CC1CCN(Cc2cccc3c2CCNC3)C(C)C1. The predicted octanol–water partition coefficient (Wildman–Crippen LogP) is 2.95. The standard InChI is InChI=1S/C17H26N2/c1-13-7-9-19(14(2)10-13)12-16-5-3-4-15-11-18-8-6-17(15)16/h3-5,13-14,18H,6-12H2,1-2H3. The van der Waals surface area contributed by atoms with Crippen LogP contribution in [0.1, 0.15) is 43.4 Å². The fraction of sp³-hybridized carbons (Fsp3) is 0.647.